The number of amides is 1. The van der Waals surface area contributed by atoms with Gasteiger partial charge in [-0.3, -0.25) is 4.79 Å². The maximum Gasteiger partial charge on any atom is 0.220 e. The average Bonchev–Trinajstić information content (AvgIpc) is 3.26. The highest BCUT2D eigenvalue weighted by Crippen LogP contribution is 2.23. The summed E-state index contributed by atoms with van der Waals surface area (Å²) in [5.74, 6) is -0.192. The van der Waals surface area contributed by atoms with Gasteiger partial charge in [0.15, 0.2) is 6.29 Å². The van der Waals surface area contributed by atoms with Gasteiger partial charge in [0.2, 0.25) is 5.91 Å². The van der Waals surface area contributed by atoms with Gasteiger partial charge in [0.05, 0.1) is 25.4 Å². The molecule has 6 N–H and O–H groups in total. The predicted octanol–water partition coefficient (Wildman–Crippen LogP) is 11.4. The number of unbranched alkanes of at least 4 members (excludes halogenated alkanes) is 26. The number of nitrogens with one attached hydrogen (secondary N) is 1. The van der Waals surface area contributed by atoms with Crippen LogP contribution in [0.25, 0.3) is 0 Å². The molecule has 0 aliphatic carbocycles. The van der Waals surface area contributed by atoms with Crippen LogP contribution in [0, 0.1) is 0 Å². The molecular weight excluding hydrogens is 767 g/mol. The molecule has 1 amide bonds. The van der Waals surface area contributed by atoms with Crippen LogP contribution in [0.4, 0.5) is 0 Å². The Morgan fingerprint density at radius 1 is 0.541 bits per heavy atom. The van der Waals surface area contributed by atoms with Gasteiger partial charge in [-0.1, -0.05) is 191 Å². The number of hydrogen-bond donors (Lipinski definition) is 6. The van der Waals surface area contributed by atoms with Gasteiger partial charge in [-0.2, -0.15) is 0 Å². The predicted molar refractivity (Wildman–Crippen MR) is 253 cm³/mol. The lowest BCUT2D eigenvalue weighted by Crippen LogP contribution is -2.60. The van der Waals surface area contributed by atoms with Gasteiger partial charge in [-0.05, 0) is 70.6 Å². The van der Waals surface area contributed by atoms with Crippen molar-refractivity contribution in [3.63, 3.8) is 0 Å². The highest BCUT2D eigenvalue weighted by molar-refractivity contribution is 5.76. The minimum absolute atomic E-state index is 0.192. The van der Waals surface area contributed by atoms with Crippen molar-refractivity contribution in [1.29, 1.82) is 0 Å². The quantitative estimate of drug-likeness (QED) is 0.0262. The Hall–Kier alpha value is -1.85. The van der Waals surface area contributed by atoms with Gasteiger partial charge in [-0.15, -0.1) is 0 Å². The number of carbonyl (C=O) groups excluding carboxylic acids is 1. The van der Waals surface area contributed by atoms with E-state index >= 15 is 0 Å². The van der Waals surface area contributed by atoms with Gasteiger partial charge < -0.3 is 40.3 Å². The molecule has 1 fully saturated rings. The normalized spacial score (nSPS) is 20.8. The van der Waals surface area contributed by atoms with Crippen LogP contribution in [0.2, 0.25) is 0 Å². The van der Waals surface area contributed by atoms with Crippen LogP contribution in [0.3, 0.4) is 0 Å². The van der Waals surface area contributed by atoms with Gasteiger partial charge in [-0.25, -0.2) is 0 Å². The van der Waals surface area contributed by atoms with Crippen molar-refractivity contribution in [2.24, 2.45) is 0 Å². The van der Waals surface area contributed by atoms with Crippen molar-refractivity contribution < 1.29 is 39.8 Å². The molecule has 1 rings (SSSR count). The molecule has 0 spiro atoms. The number of carbonyl (C=O) groups is 1. The average molecular weight is 862 g/mol. The van der Waals surface area contributed by atoms with E-state index in [1.165, 1.54) is 148 Å². The first-order valence-corrected chi connectivity index (χ1v) is 25.4. The van der Waals surface area contributed by atoms with Crippen LogP contribution in [0.5, 0.6) is 0 Å². The van der Waals surface area contributed by atoms with Gasteiger partial charge in [0.25, 0.3) is 0 Å². The Kier molecular flexibility index (Phi) is 39.5. The van der Waals surface area contributed by atoms with Crippen LogP contribution in [-0.2, 0) is 14.3 Å². The largest absolute Gasteiger partial charge is 0.394 e. The SMILES string of the molecule is CCCCC/C=C/CC/C=C/CC/C=C/C(O)C(COC1OC(CO)C(O)C(O)C1O)NC(=O)CCCCCCCCCCCCCCC/C=C\CCCCCCCCCC. The summed E-state index contributed by atoms with van der Waals surface area (Å²) in [7, 11) is 0. The van der Waals surface area contributed by atoms with Crippen molar-refractivity contribution in [3.05, 3.63) is 48.6 Å². The lowest BCUT2D eigenvalue weighted by atomic mass is 9.99. The summed E-state index contributed by atoms with van der Waals surface area (Å²) in [5.41, 5.74) is 0. The molecule has 1 heterocycles. The maximum absolute atomic E-state index is 13.0. The summed E-state index contributed by atoms with van der Waals surface area (Å²) in [6.45, 7) is 3.72. The van der Waals surface area contributed by atoms with E-state index in [1.807, 2.05) is 6.08 Å². The summed E-state index contributed by atoms with van der Waals surface area (Å²) in [6, 6.07) is -0.827. The van der Waals surface area contributed by atoms with E-state index in [0.717, 1.165) is 51.4 Å². The Bertz CT molecular complexity index is 1090. The van der Waals surface area contributed by atoms with E-state index < -0.39 is 49.5 Å². The first-order valence-electron chi connectivity index (χ1n) is 25.4. The van der Waals surface area contributed by atoms with Crippen LogP contribution in [-0.4, -0.2) is 87.5 Å². The van der Waals surface area contributed by atoms with Gasteiger partial charge in [0.1, 0.15) is 24.4 Å². The third kappa shape index (κ3) is 32.5. The number of aliphatic hydroxyl groups is 5. The first-order chi connectivity index (χ1) is 29.8. The van der Waals surface area contributed by atoms with Crippen molar-refractivity contribution >= 4 is 5.91 Å². The minimum atomic E-state index is -1.57. The Labute approximate surface area is 373 Å². The van der Waals surface area contributed by atoms with E-state index in [-0.39, 0.29) is 12.5 Å². The molecule has 0 aromatic carbocycles. The second-order valence-corrected chi connectivity index (χ2v) is 17.6. The third-order valence-electron chi connectivity index (χ3n) is 11.9. The second kappa shape index (κ2) is 42.1. The molecule has 0 aromatic rings. The Morgan fingerprint density at radius 2 is 0.934 bits per heavy atom. The first kappa shape index (κ1) is 57.2. The summed E-state index contributed by atoms with van der Waals surface area (Å²) < 4.78 is 11.2. The number of allylic oxidation sites excluding steroid dienone is 7. The fraction of sp³-hybridized carbons (Fsp3) is 0.827. The zero-order valence-electron chi connectivity index (χ0n) is 39.2. The van der Waals surface area contributed by atoms with Crippen molar-refractivity contribution in [3.8, 4) is 0 Å². The summed E-state index contributed by atoms with van der Waals surface area (Å²) in [4.78, 5) is 13.0. The van der Waals surface area contributed by atoms with Crippen LogP contribution < -0.4 is 5.32 Å². The fourth-order valence-corrected chi connectivity index (χ4v) is 7.77. The number of ether oxygens (including phenoxy) is 2. The lowest BCUT2D eigenvalue weighted by molar-refractivity contribution is -0.302. The minimum Gasteiger partial charge on any atom is -0.394 e. The molecule has 356 valence electrons. The van der Waals surface area contributed by atoms with E-state index in [2.05, 4.69) is 55.6 Å². The number of aliphatic hydroxyl groups excluding tert-OH is 5. The molecule has 0 bridgehead atoms. The topological polar surface area (TPSA) is 149 Å². The maximum atomic E-state index is 13.0. The van der Waals surface area contributed by atoms with Crippen LogP contribution >= 0.6 is 0 Å². The number of hydrogen-bond acceptors (Lipinski definition) is 8. The molecular formula is C52H95NO8. The highest BCUT2D eigenvalue weighted by atomic mass is 16.7. The second-order valence-electron chi connectivity index (χ2n) is 17.6. The fourth-order valence-electron chi connectivity index (χ4n) is 7.77. The molecule has 1 aliphatic heterocycles. The molecule has 7 atom stereocenters. The van der Waals surface area contributed by atoms with Crippen molar-refractivity contribution in [2.75, 3.05) is 13.2 Å². The van der Waals surface area contributed by atoms with Crippen molar-refractivity contribution in [1.82, 2.24) is 5.32 Å². The summed E-state index contributed by atoms with van der Waals surface area (Å²) >= 11 is 0. The van der Waals surface area contributed by atoms with Crippen LogP contribution in [0.1, 0.15) is 219 Å². The molecule has 0 aromatic heterocycles. The monoisotopic (exact) mass is 862 g/mol. The third-order valence-corrected chi connectivity index (χ3v) is 11.9. The molecule has 1 saturated heterocycles. The summed E-state index contributed by atoms with van der Waals surface area (Å²) in [6.07, 6.45) is 47.4. The van der Waals surface area contributed by atoms with E-state index in [1.54, 1.807) is 6.08 Å². The Balaban J connectivity index is 2.25. The smallest absolute Gasteiger partial charge is 0.220 e. The molecule has 9 heteroatoms. The molecule has 0 saturated carbocycles. The van der Waals surface area contributed by atoms with E-state index in [4.69, 9.17) is 9.47 Å². The number of rotatable bonds is 42. The standard InChI is InChI=1S/C52H95NO8/c1-3-5-7-9-11-13-15-17-18-19-20-21-22-23-24-25-26-27-28-30-32-34-36-38-40-42-48(56)53-45(44-60-52-51(59)50(58)49(57)47(43-54)61-52)46(55)41-39-37-35-33-31-29-16-14-12-10-8-6-4-2/h12,14,19-20,31,33,39,41,45-47,49-52,54-55,57-59H,3-11,13,15-18,21-30,32,34-38,40,42-44H2,1-2H3,(H,53,56)/b14-12+,20-19-,33-31+,41-39+. The zero-order chi connectivity index (χ0) is 44.4. The molecule has 9 nitrogen and oxygen atoms in total. The highest BCUT2D eigenvalue weighted by Gasteiger charge is 2.44. The van der Waals surface area contributed by atoms with E-state index in [0.29, 0.717) is 6.42 Å². The molecule has 61 heavy (non-hydrogen) atoms. The lowest BCUT2D eigenvalue weighted by Gasteiger charge is -2.40. The zero-order valence-corrected chi connectivity index (χ0v) is 39.2. The molecule has 7 unspecified atom stereocenters. The Morgan fingerprint density at radius 3 is 1.41 bits per heavy atom. The van der Waals surface area contributed by atoms with Crippen molar-refractivity contribution in [2.45, 2.75) is 262 Å². The molecule has 1 aliphatic rings. The van der Waals surface area contributed by atoms with Gasteiger partial charge >= 0.3 is 0 Å². The summed E-state index contributed by atoms with van der Waals surface area (Å²) in [5, 5.41) is 54.2. The van der Waals surface area contributed by atoms with Crippen LogP contribution in [0.15, 0.2) is 48.6 Å². The molecule has 0 radical (unpaired) electrons. The van der Waals surface area contributed by atoms with E-state index in [9.17, 15) is 30.3 Å². The van der Waals surface area contributed by atoms with Gasteiger partial charge in [0, 0.05) is 6.42 Å².